The molecule has 1 fully saturated rings. The normalized spacial score (nSPS) is 17.8. The summed E-state index contributed by atoms with van der Waals surface area (Å²) in [5.74, 6) is 0.972. The van der Waals surface area contributed by atoms with Gasteiger partial charge in [-0.15, -0.1) is 12.4 Å². The number of rotatable bonds is 2. The molecule has 2 heterocycles. The summed E-state index contributed by atoms with van der Waals surface area (Å²) in [6.45, 7) is 7.19. The van der Waals surface area contributed by atoms with E-state index in [4.69, 9.17) is 4.52 Å². The summed E-state index contributed by atoms with van der Waals surface area (Å²) >= 11 is 0. The molecule has 4 nitrogen and oxygen atoms in total. The standard InChI is InChI=1S/C9H15N3O.ClH/c1-8-6-9(13-11-8)7-12-4-2-10-3-5-12;/h6,10H,2-5,7H2,1H3;1H. The van der Waals surface area contributed by atoms with Crippen molar-refractivity contribution >= 4 is 12.4 Å². The summed E-state index contributed by atoms with van der Waals surface area (Å²) in [4.78, 5) is 2.37. The topological polar surface area (TPSA) is 41.3 Å². The van der Waals surface area contributed by atoms with Gasteiger partial charge in [0, 0.05) is 32.2 Å². The first-order chi connectivity index (χ1) is 6.34. The number of nitrogens with zero attached hydrogens (tertiary/aromatic N) is 2. The molecule has 0 unspecified atom stereocenters. The zero-order chi connectivity index (χ0) is 9.10. The van der Waals surface area contributed by atoms with Crippen molar-refractivity contribution in [3.63, 3.8) is 0 Å². The number of hydrogen-bond donors (Lipinski definition) is 1. The van der Waals surface area contributed by atoms with Crippen LogP contribution in [0.5, 0.6) is 0 Å². The second-order valence-corrected chi connectivity index (χ2v) is 3.46. The summed E-state index contributed by atoms with van der Waals surface area (Å²) in [5.41, 5.74) is 0.963. The average Bonchev–Trinajstić information content (AvgIpc) is 2.53. The van der Waals surface area contributed by atoms with E-state index in [0.29, 0.717) is 0 Å². The van der Waals surface area contributed by atoms with Crippen LogP contribution in [0.25, 0.3) is 0 Å². The molecule has 1 saturated heterocycles. The fraction of sp³-hybridized carbons (Fsp3) is 0.667. The van der Waals surface area contributed by atoms with Crippen LogP contribution < -0.4 is 5.32 Å². The molecule has 0 atom stereocenters. The van der Waals surface area contributed by atoms with Gasteiger partial charge in [0.25, 0.3) is 0 Å². The molecule has 0 bridgehead atoms. The SMILES string of the molecule is Cc1cc(CN2CCNCC2)on1.Cl. The van der Waals surface area contributed by atoms with Crippen molar-refractivity contribution in [2.24, 2.45) is 0 Å². The first kappa shape index (κ1) is 11.5. The van der Waals surface area contributed by atoms with Gasteiger partial charge in [-0.1, -0.05) is 5.16 Å². The van der Waals surface area contributed by atoms with E-state index in [2.05, 4.69) is 15.4 Å². The molecule has 0 spiro atoms. The van der Waals surface area contributed by atoms with Crippen LogP contribution in [-0.4, -0.2) is 36.2 Å². The highest BCUT2D eigenvalue weighted by atomic mass is 35.5. The van der Waals surface area contributed by atoms with Gasteiger partial charge in [-0.3, -0.25) is 4.90 Å². The highest BCUT2D eigenvalue weighted by Gasteiger charge is 2.11. The second kappa shape index (κ2) is 5.34. The highest BCUT2D eigenvalue weighted by Crippen LogP contribution is 2.06. The Bertz CT molecular complexity index is 271. The predicted octanol–water partition coefficient (Wildman–Crippen LogP) is 0.810. The van der Waals surface area contributed by atoms with E-state index in [9.17, 15) is 0 Å². The molecule has 80 valence electrons. The van der Waals surface area contributed by atoms with Crippen molar-refractivity contribution in [3.05, 3.63) is 17.5 Å². The fourth-order valence-corrected chi connectivity index (χ4v) is 1.58. The molecule has 2 rings (SSSR count). The van der Waals surface area contributed by atoms with E-state index in [0.717, 1.165) is 44.2 Å². The largest absolute Gasteiger partial charge is 0.360 e. The molecule has 1 aromatic heterocycles. The molecular formula is C9H16ClN3O. The number of halogens is 1. The van der Waals surface area contributed by atoms with Gasteiger partial charge in [0.1, 0.15) is 0 Å². The summed E-state index contributed by atoms with van der Waals surface area (Å²) in [5, 5.41) is 7.18. The molecule has 0 radical (unpaired) electrons. The van der Waals surface area contributed by atoms with Crippen LogP contribution >= 0.6 is 12.4 Å². The number of piperazine rings is 1. The van der Waals surface area contributed by atoms with Gasteiger partial charge in [-0.25, -0.2) is 0 Å². The lowest BCUT2D eigenvalue weighted by atomic mass is 10.3. The lowest BCUT2D eigenvalue weighted by Crippen LogP contribution is -2.42. The Hall–Kier alpha value is -0.580. The third-order valence-corrected chi connectivity index (χ3v) is 2.27. The molecule has 1 aromatic rings. The van der Waals surface area contributed by atoms with Crippen molar-refractivity contribution in [2.45, 2.75) is 13.5 Å². The molecule has 1 aliphatic rings. The molecule has 1 N–H and O–H groups in total. The third-order valence-electron chi connectivity index (χ3n) is 2.27. The smallest absolute Gasteiger partial charge is 0.150 e. The molecule has 0 amide bonds. The van der Waals surface area contributed by atoms with Gasteiger partial charge in [-0.05, 0) is 6.92 Å². The monoisotopic (exact) mass is 217 g/mol. The van der Waals surface area contributed by atoms with E-state index in [1.807, 2.05) is 13.0 Å². The van der Waals surface area contributed by atoms with Crippen molar-refractivity contribution in [3.8, 4) is 0 Å². The zero-order valence-corrected chi connectivity index (χ0v) is 9.14. The predicted molar refractivity (Wildman–Crippen MR) is 56.6 cm³/mol. The van der Waals surface area contributed by atoms with Crippen LogP contribution in [0.15, 0.2) is 10.6 Å². The van der Waals surface area contributed by atoms with Crippen LogP contribution in [0.1, 0.15) is 11.5 Å². The second-order valence-electron chi connectivity index (χ2n) is 3.46. The summed E-state index contributed by atoms with van der Waals surface area (Å²) in [6, 6.07) is 2.00. The molecule has 0 saturated carbocycles. The van der Waals surface area contributed by atoms with Gasteiger partial charge < -0.3 is 9.84 Å². The number of aryl methyl sites for hydroxylation is 1. The molecule has 5 heteroatoms. The fourth-order valence-electron chi connectivity index (χ4n) is 1.58. The summed E-state index contributed by atoms with van der Waals surface area (Å²) in [6.07, 6.45) is 0. The molecule has 0 aliphatic carbocycles. The molecule has 0 aromatic carbocycles. The quantitative estimate of drug-likeness (QED) is 0.796. The van der Waals surface area contributed by atoms with E-state index in [1.165, 1.54) is 0 Å². The minimum absolute atomic E-state index is 0. The van der Waals surface area contributed by atoms with E-state index < -0.39 is 0 Å². The summed E-state index contributed by atoms with van der Waals surface area (Å²) in [7, 11) is 0. The maximum Gasteiger partial charge on any atom is 0.150 e. The van der Waals surface area contributed by atoms with E-state index in [1.54, 1.807) is 0 Å². The number of hydrogen-bond acceptors (Lipinski definition) is 4. The van der Waals surface area contributed by atoms with E-state index >= 15 is 0 Å². The van der Waals surface area contributed by atoms with Crippen LogP contribution in [0, 0.1) is 6.92 Å². The Kier molecular flexibility index (Phi) is 4.38. The van der Waals surface area contributed by atoms with Gasteiger partial charge in [-0.2, -0.15) is 0 Å². The van der Waals surface area contributed by atoms with Gasteiger partial charge in [0.15, 0.2) is 5.76 Å². The summed E-state index contributed by atoms with van der Waals surface area (Å²) < 4.78 is 5.15. The Morgan fingerprint density at radius 3 is 2.79 bits per heavy atom. The Morgan fingerprint density at radius 1 is 1.50 bits per heavy atom. The highest BCUT2D eigenvalue weighted by molar-refractivity contribution is 5.85. The third kappa shape index (κ3) is 2.97. The first-order valence-electron chi connectivity index (χ1n) is 4.70. The van der Waals surface area contributed by atoms with E-state index in [-0.39, 0.29) is 12.4 Å². The molecular weight excluding hydrogens is 202 g/mol. The number of aromatic nitrogens is 1. The molecule has 1 aliphatic heterocycles. The van der Waals surface area contributed by atoms with Crippen molar-refractivity contribution in [1.29, 1.82) is 0 Å². The van der Waals surface area contributed by atoms with Crippen LogP contribution in [0.4, 0.5) is 0 Å². The van der Waals surface area contributed by atoms with Crippen LogP contribution in [0.3, 0.4) is 0 Å². The Morgan fingerprint density at radius 2 is 2.21 bits per heavy atom. The first-order valence-corrected chi connectivity index (χ1v) is 4.70. The molecule has 14 heavy (non-hydrogen) atoms. The van der Waals surface area contributed by atoms with Crippen LogP contribution in [0.2, 0.25) is 0 Å². The van der Waals surface area contributed by atoms with Crippen LogP contribution in [-0.2, 0) is 6.54 Å². The van der Waals surface area contributed by atoms with Gasteiger partial charge >= 0.3 is 0 Å². The average molecular weight is 218 g/mol. The Balaban J connectivity index is 0.000000980. The van der Waals surface area contributed by atoms with Gasteiger partial charge in [0.05, 0.1) is 12.2 Å². The minimum Gasteiger partial charge on any atom is -0.360 e. The Labute approximate surface area is 90.0 Å². The maximum absolute atomic E-state index is 5.15. The zero-order valence-electron chi connectivity index (χ0n) is 8.32. The van der Waals surface area contributed by atoms with Crippen molar-refractivity contribution in [2.75, 3.05) is 26.2 Å². The lowest BCUT2D eigenvalue weighted by molar-refractivity contribution is 0.207. The lowest BCUT2D eigenvalue weighted by Gasteiger charge is -2.25. The number of nitrogens with one attached hydrogen (secondary N) is 1. The maximum atomic E-state index is 5.15. The minimum atomic E-state index is 0. The van der Waals surface area contributed by atoms with Crippen molar-refractivity contribution < 1.29 is 4.52 Å². The van der Waals surface area contributed by atoms with Crippen molar-refractivity contribution in [1.82, 2.24) is 15.4 Å². The van der Waals surface area contributed by atoms with Gasteiger partial charge in [0.2, 0.25) is 0 Å².